The lowest BCUT2D eigenvalue weighted by Gasteiger charge is -2.31. The lowest BCUT2D eigenvalue weighted by molar-refractivity contribution is 0.147. The van der Waals surface area contributed by atoms with E-state index in [0.717, 1.165) is 26.1 Å². The number of halogens is 1. The van der Waals surface area contributed by atoms with Crippen molar-refractivity contribution in [3.63, 3.8) is 0 Å². The maximum absolute atomic E-state index is 9.37. The Balaban J connectivity index is 0.000000845. The number of hydrogen-bond acceptors (Lipinski definition) is 3. The summed E-state index contributed by atoms with van der Waals surface area (Å²) in [6.07, 6.45) is 3.50. The molecule has 4 heteroatoms. The van der Waals surface area contributed by atoms with Gasteiger partial charge in [0.1, 0.15) is 0 Å². The van der Waals surface area contributed by atoms with Gasteiger partial charge in [-0.2, -0.15) is 0 Å². The number of piperidine rings is 1. The van der Waals surface area contributed by atoms with Gasteiger partial charge in [0, 0.05) is 25.7 Å². The van der Waals surface area contributed by atoms with Gasteiger partial charge in [-0.3, -0.25) is 4.90 Å². The van der Waals surface area contributed by atoms with Crippen LogP contribution in [0.15, 0.2) is 0 Å². The third-order valence-electron chi connectivity index (χ3n) is 2.98. The van der Waals surface area contributed by atoms with E-state index in [-0.39, 0.29) is 18.5 Å². The molecule has 3 nitrogen and oxygen atoms in total. The summed E-state index contributed by atoms with van der Waals surface area (Å²) in [4.78, 5) is 2.43. The summed E-state index contributed by atoms with van der Waals surface area (Å²) in [6.45, 7) is 4.28. The standard InChI is InChI=1S/C9H18N2O.ClH/c12-9-3-5-11(7-9)8-2-1-4-10-6-8;/h8-10,12H,1-7H2;1H. The molecular weight excluding hydrogens is 188 g/mol. The third-order valence-corrected chi connectivity index (χ3v) is 2.98. The number of hydrogen-bond donors (Lipinski definition) is 2. The fraction of sp³-hybridized carbons (Fsp3) is 1.00. The lowest BCUT2D eigenvalue weighted by atomic mass is 10.1. The number of aliphatic hydroxyl groups is 1. The number of nitrogens with zero attached hydrogens (tertiary/aromatic N) is 1. The molecule has 0 spiro atoms. The molecule has 2 atom stereocenters. The minimum absolute atomic E-state index is 0. The third kappa shape index (κ3) is 2.81. The normalized spacial score (nSPS) is 35.8. The molecule has 0 radical (unpaired) electrons. The molecule has 0 bridgehead atoms. The summed E-state index contributed by atoms with van der Waals surface area (Å²) in [7, 11) is 0. The zero-order chi connectivity index (χ0) is 8.39. The predicted molar refractivity (Wildman–Crippen MR) is 55.3 cm³/mol. The van der Waals surface area contributed by atoms with Crippen LogP contribution in [0.3, 0.4) is 0 Å². The van der Waals surface area contributed by atoms with Crippen LogP contribution in [0.25, 0.3) is 0 Å². The first-order valence-electron chi connectivity index (χ1n) is 4.99. The van der Waals surface area contributed by atoms with Crippen LogP contribution in [0.1, 0.15) is 19.3 Å². The molecule has 0 aromatic rings. The van der Waals surface area contributed by atoms with Crippen molar-refractivity contribution in [3.05, 3.63) is 0 Å². The zero-order valence-electron chi connectivity index (χ0n) is 7.91. The highest BCUT2D eigenvalue weighted by atomic mass is 35.5. The van der Waals surface area contributed by atoms with Gasteiger partial charge in [0.05, 0.1) is 6.10 Å². The molecule has 2 aliphatic rings. The van der Waals surface area contributed by atoms with Gasteiger partial charge in [0.15, 0.2) is 0 Å². The molecule has 13 heavy (non-hydrogen) atoms. The van der Waals surface area contributed by atoms with Crippen molar-refractivity contribution in [2.24, 2.45) is 0 Å². The Morgan fingerprint density at radius 3 is 2.69 bits per heavy atom. The average molecular weight is 207 g/mol. The summed E-state index contributed by atoms with van der Waals surface area (Å²) < 4.78 is 0. The highest BCUT2D eigenvalue weighted by Gasteiger charge is 2.27. The van der Waals surface area contributed by atoms with E-state index < -0.39 is 0 Å². The Hall–Kier alpha value is 0.170. The minimum atomic E-state index is -0.0630. The molecule has 0 aliphatic carbocycles. The highest BCUT2D eigenvalue weighted by molar-refractivity contribution is 5.85. The number of β-amino-alcohol motifs (C(OH)–C–C–N with tert-alkyl or cyclic N) is 1. The van der Waals surface area contributed by atoms with Crippen molar-refractivity contribution >= 4 is 12.4 Å². The molecular formula is C9H19ClN2O. The number of likely N-dealkylation sites (tertiary alicyclic amines) is 1. The minimum Gasteiger partial charge on any atom is -0.392 e. The molecule has 2 fully saturated rings. The van der Waals surface area contributed by atoms with Gasteiger partial charge in [-0.05, 0) is 25.8 Å². The van der Waals surface area contributed by atoms with E-state index in [9.17, 15) is 5.11 Å². The molecule has 0 aromatic carbocycles. The van der Waals surface area contributed by atoms with Crippen LogP contribution < -0.4 is 5.32 Å². The number of nitrogens with one attached hydrogen (secondary N) is 1. The Morgan fingerprint density at radius 1 is 1.31 bits per heavy atom. The van der Waals surface area contributed by atoms with Crippen molar-refractivity contribution < 1.29 is 5.11 Å². The van der Waals surface area contributed by atoms with Crippen molar-refractivity contribution in [1.29, 1.82) is 0 Å². The fourth-order valence-electron chi connectivity index (χ4n) is 2.24. The monoisotopic (exact) mass is 206 g/mol. The van der Waals surface area contributed by atoms with E-state index >= 15 is 0 Å². The van der Waals surface area contributed by atoms with Crippen LogP contribution in [0, 0.1) is 0 Å². The van der Waals surface area contributed by atoms with Crippen LogP contribution in [-0.2, 0) is 0 Å². The first-order valence-corrected chi connectivity index (χ1v) is 4.99. The first kappa shape index (κ1) is 11.2. The molecule has 78 valence electrons. The van der Waals surface area contributed by atoms with Gasteiger partial charge < -0.3 is 10.4 Å². The van der Waals surface area contributed by atoms with Crippen molar-refractivity contribution in [1.82, 2.24) is 10.2 Å². The fourth-order valence-corrected chi connectivity index (χ4v) is 2.24. The van der Waals surface area contributed by atoms with Crippen LogP contribution in [-0.4, -0.2) is 48.3 Å². The smallest absolute Gasteiger partial charge is 0.0679 e. The van der Waals surface area contributed by atoms with E-state index in [0.29, 0.717) is 6.04 Å². The molecule has 0 amide bonds. The number of aliphatic hydroxyl groups excluding tert-OH is 1. The number of rotatable bonds is 1. The summed E-state index contributed by atoms with van der Waals surface area (Å²) in [5.74, 6) is 0. The molecule has 0 saturated carbocycles. The molecule has 2 unspecified atom stereocenters. The molecule has 2 rings (SSSR count). The Labute approximate surface area is 85.9 Å². The zero-order valence-corrected chi connectivity index (χ0v) is 8.72. The Morgan fingerprint density at radius 2 is 2.15 bits per heavy atom. The van der Waals surface area contributed by atoms with Gasteiger partial charge in [0.25, 0.3) is 0 Å². The van der Waals surface area contributed by atoms with Crippen LogP contribution in [0.5, 0.6) is 0 Å². The second kappa shape index (κ2) is 5.15. The summed E-state index contributed by atoms with van der Waals surface area (Å²) in [5.41, 5.74) is 0. The van der Waals surface area contributed by atoms with Crippen LogP contribution >= 0.6 is 12.4 Å². The quantitative estimate of drug-likeness (QED) is 0.645. The van der Waals surface area contributed by atoms with Crippen LogP contribution in [0.4, 0.5) is 0 Å². The Kier molecular flexibility index (Phi) is 4.46. The van der Waals surface area contributed by atoms with Gasteiger partial charge in [-0.25, -0.2) is 0 Å². The van der Waals surface area contributed by atoms with E-state index in [2.05, 4.69) is 10.2 Å². The van der Waals surface area contributed by atoms with E-state index in [1.54, 1.807) is 0 Å². The largest absolute Gasteiger partial charge is 0.392 e. The summed E-state index contributed by atoms with van der Waals surface area (Å²) >= 11 is 0. The first-order chi connectivity index (χ1) is 5.86. The summed E-state index contributed by atoms with van der Waals surface area (Å²) in [6, 6.07) is 0.691. The van der Waals surface area contributed by atoms with Crippen molar-refractivity contribution in [2.75, 3.05) is 26.2 Å². The van der Waals surface area contributed by atoms with E-state index in [1.807, 2.05) is 0 Å². The van der Waals surface area contributed by atoms with Gasteiger partial charge in [-0.15, -0.1) is 12.4 Å². The molecule has 2 N–H and O–H groups in total. The SMILES string of the molecule is Cl.OC1CCN(C2CCCNC2)C1. The topological polar surface area (TPSA) is 35.5 Å². The van der Waals surface area contributed by atoms with Gasteiger partial charge in [-0.1, -0.05) is 0 Å². The molecule has 2 saturated heterocycles. The second-order valence-electron chi connectivity index (χ2n) is 3.94. The summed E-state index contributed by atoms with van der Waals surface area (Å²) in [5, 5.41) is 12.8. The van der Waals surface area contributed by atoms with Crippen molar-refractivity contribution in [3.8, 4) is 0 Å². The second-order valence-corrected chi connectivity index (χ2v) is 3.94. The van der Waals surface area contributed by atoms with Gasteiger partial charge >= 0.3 is 0 Å². The molecule has 0 aromatic heterocycles. The van der Waals surface area contributed by atoms with E-state index in [4.69, 9.17) is 0 Å². The lowest BCUT2D eigenvalue weighted by Crippen LogP contribution is -2.45. The maximum Gasteiger partial charge on any atom is 0.0679 e. The Bertz CT molecular complexity index is 148. The highest BCUT2D eigenvalue weighted by Crippen LogP contribution is 2.16. The van der Waals surface area contributed by atoms with E-state index in [1.165, 1.54) is 19.4 Å². The van der Waals surface area contributed by atoms with Crippen LogP contribution in [0.2, 0.25) is 0 Å². The van der Waals surface area contributed by atoms with Crippen molar-refractivity contribution in [2.45, 2.75) is 31.4 Å². The molecule has 2 heterocycles. The average Bonchev–Trinajstić information content (AvgIpc) is 2.54. The van der Waals surface area contributed by atoms with Gasteiger partial charge in [0.2, 0.25) is 0 Å². The predicted octanol–water partition coefficient (Wildman–Crippen LogP) is 0.227. The maximum atomic E-state index is 9.37. The molecule has 2 aliphatic heterocycles.